The van der Waals surface area contributed by atoms with Crippen molar-refractivity contribution in [1.82, 2.24) is 15.2 Å². The van der Waals surface area contributed by atoms with Crippen LogP contribution in [0.1, 0.15) is 31.0 Å². The highest BCUT2D eigenvalue weighted by Gasteiger charge is 2.18. The maximum absolute atomic E-state index is 3.60. The number of rotatable bonds is 5. The SMILES string of the molecule is CCN(Cc1c(C)[nH]c2ccccc12)CC1CCCN1. The fourth-order valence-corrected chi connectivity index (χ4v) is 3.29. The lowest BCUT2D eigenvalue weighted by molar-refractivity contribution is 0.254. The fraction of sp³-hybridized carbons (Fsp3) is 0.529. The summed E-state index contributed by atoms with van der Waals surface area (Å²) in [4.78, 5) is 6.07. The number of likely N-dealkylation sites (N-methyl/N-ethyl adjacent to an activating group) is 1. The highest BCUT2D eigenvalue weighted by Crippen LogP contribution is 2.23. The highest BCUT2D eigenvalue weighted by molar-refractivity contribution is 5.84. The first-order chi connectivity index (χ1) is 9.78. The van der Waals surface area contributed by atoms with E-state index in [0.29, 0.717) is 6.04 Å². The summed E-state index contributed by atoms with van der Waals surface area (Å²) < 4.78 is 0. The van der Waals surface area contributed by atoms with E-state index in [9.17, 15) is 0 Å². The lowest BCUT2D eigenvalue weighted by Gasteiger charge is -2.24. The number of nitrogens with one attached hydrogen (secondary N) is 2. The zero-order valence-corrected chi connectivity index (χ0v) is 12.6. The quantitative estimate of drug-likeness (QED) is 0.875. The lowest BCUT2D eigenvalue weighted by Crippen LogP contribution is -2.37. The van der Waals surface area contributed by atoms with E-state index < -0.39 is 0 Å². The van der Waals surface area contributed by atoms with Crippen molar-refractivity contribution in [2.45, 2.75) is 39.3 Å². The van der Waals surface area contributed by atoms with Crippen molar-refractivity contribution in [3.63, 3.8) is 0 Å². The summed E-state index contributed by atoms with van der Waals surface area (Å²) in [7, 11) is 0. The molecule has 3 rings (SSSR count). The Morgan fingerprint density at radius 2 is 2.15 bits per heavy atom. The second kappa shape index (κ2) is 5.98. The standard InChI is InChI=1S/C17H25N3/c1-3-20(11-14-7-6-10-18-14)12-16-13(2)19-17-9-5-4-8-15(16)17/h4-5,8-9,14,18-19H,3,6-7,10-12H2,1-2H3. The van der Waals surface area contributed by atoms with E-state index in [-0.39, 0.29) is 0 Å². The third-order valence-electron chi connectivity index (χ3n) is 4.50. The zero-order chi connectivity index (χ0) is 13.9. The fourth-order valence-electron chi connectivity index (χ4n) is 3.29. The Balaban J connectivity index is 1.78. The number of H-pyrrole nitrogens is 1. The van der Waals surface area contributed by atoms with Gasteiger partial charge in [0.2, 0.25) is 0 Å². The van der Waals surface area contributed by atoms with Gasteiger partial charge in [0, 0.05) is 35.7 Å². The molecule has 3 nitrogen and oxygen atoms in total. The lowest BCUT2D eigenvalue weighted by atomic mass is 10.1. The monoisotopic (exact) mass is 271 g/mol. The van der Waals surface area contributed by atoms with Crippen LogP contribution in [0.4, 0.5) is 0 Å². The molecule has 1 fully saturated rings. The average molecular weight is 271 g/mol. The van der Waals surface area contributed by atoms with Crippen molar-refractivity contribution in [2.75, 3.05) is 19.6 Å². The summed E-state index contributed by atoms with van der Waals surface area (Å²) in [6.07, 6.45) is 2.65. The summed E-state index contributed by atoms with van der Waals surface area (Å²) in [5.74, 6) is 0. The molecule has 2 aromatic rings. The average Bonchev–Trinajstić information content (AvgIpc) is 3.07. The molecule has 2 heterocycles. The molecule has 0 aliphatic carbocycles. The number of aromatic nitrogens is 1. The van der Waals surface area contributed by atoms with Crippen LogP contribution in [0.2, 0.25) is 0 Å². The summed E-state index contributed by atoms with van der Waals surface area (Å²) >= 11 is 0. The molecule has 0 bridgehead atoms. The van der Waals surface area contributed by atoms with E-state index in [4.69, 9.17) is 0 Å². The maximum Gasteiger partial charge on any atom is 0.0459 e. The smallest absolute Gasteiger partial charge is 0.0459 e. The molecular formula is C17H25N3. The largest absolute Gasteiger partial charge is 0.358 e. The predicted octanol–water partition coefficient (Wildman–Crippen LogP) is 3.05. The Hall–Kier alpha value is -1.32. The Kier molecular flexibility index (Phi) is 4.08. The normalized spacial score (nSPS) is 19.2. The molecule has 1 atom stereocenters. The third kappa shape index (κ3) is 2.74. The van der Waals surface area contributed by atoms with Crippen LogP contribution in [0.25, 0.3) is 10.9 Å². The molecular weight excluding hydrogens is 246 g/mol. The molecule has 1 aliphatic heterocycles. The van der Waals surface area contributed by atoms with Gasteiger partial charge in [0.15, 0.2) is 0 Å². The molecule has 108 valence electrons. The van der Waals surface area contributed by atoms with Gasteiger partial charge in [-0.2, -0.15) is 0 Å². The summed E-state index contributed by atoms with van der Waals surface area (Å²) in [5, 5.41) is 4.98. The predicted molar refractivity (Wildman–Crippen MR) is 85.0 cm³/mol. The number of aromatic amines is 1. The third-order valence-corrected chi connectivity index (χ3v) is 4.50. The van der Waals surface area contributed by atoms with Gasteiger partial charge >= 0.3 is 0 Å². The van der Waals surface area contributed by atoms with E-state index in [1.807, 2.05) is 0 Å². The Bertz CT molecular complexity index is 567. The van der Waals surface area contributed by atoms with Gasteiger partial charge in [-0.3, -0.25) is 4.90 Å². The van der Waals surface area contributed by atoms with Crippen LogP contribution in [-0.4, -0.2) is 35.6 Å². The second-order valence-electron chi connectivity index (χ2n) is 5.90. The summed E-state index contributed by atoms with van der Waals surface area (Å²) in [5.41, 5.74) is 4.03. The van der Waals surface area contributed by atoms with Crippen molar-refractivity contribution in [3.8, 4) is 0 Å². The van der Waals surface area contributed by atoms with Crippen molar-refractivity contribution in [1.29, 1.82) is 0 Å². The van der Waals surface area contributed by atoms with Crippen LogP contribution in [0.5, 0.6) is 0 Å². The maximum atomic E-state index is 3.60. The van der Waals surface area contributed by atoms with Crippen LogP contribution in [0, 0.1) is 6.92 Å². The highest BCUT2D eigenvalue weighted by atomic mass is 15.1. The minimum absolute atomic E-state index is 0.681. The molecule has 0 saturated carbocycles. The second-order valence-corrected chi connectivity index (χ2v) is 5.90. The number of nitrogens with zero attached hydrogens (tertiary/aromatic N) is 1. The Morgan fingerprint density at radius 3 is 2.90 bits per heavy atom. The first-order valence-corrected chi connectivity index (χ1v) is 7.80. The topological polar surface area (TPSA) is 31.1 Å². The first-order valence-electron chi connectivity index (χ1n) is 7.80. The van der Waals surface area contributed by atoms with E-state index >= 15 is 0 Å². The summed E-state index contributed by atoms with van der Waals surface area (Å²) in [6, 6.07) is 9.31. The van der Waals surface area contributed by atoms with Gasteiger partial charge in [0.25, 0.3) is 0 Å². The number of para-hydroxylation sites is 1. The minimum atomic E-state index is 0.681. The number of hydrogen-bond donors (Lipinski definition) is 2. The molecule has 20 heavy (non-hydrogen) atoms. The van der Waals surface area contributed by atoms with Gasteiger partial charge in [-0.1, -0.05) is 25.1 Å². The number of hydrogen-bond acceptors (Lipinski definition) is 2. The number of fused-ring (bicyclic) bond motifs is 1. The van der Waals surface area contributed by atoms with Crippen molar-refractivity contribution in [3.05, 3.63) is 35.5 Å². The van der Waals surface area contributed by atoms with Crippen LogP contribution >= 0.6 is 0 Å². The molecule has 1 saturated heterocycles. The van der Waals surface area contributed by atoms with E-state index in [0.717, 1.165) is 19.6 Å². The van der Waals surface area contributed by atoms with Crippen molar-refractivity contribution in [2.24, 2.45) is 0 Å². The summed E-state index contributed by atoms with van der Waals surface area (Å²) in [6.45, 7) is 8.96. The molecule has 0 amide bonds. The van der Waals surface area contributed by atoms with Gasteiger partial charge in [0.1, 0.15) is 0 Å². The number of benzene rings is 1. The minimum Gasteiger partial charge on any atom is -0.358 e. The Labute approximate surface area is 121 Å². The van der Waals surface area contributed by atoms with E-state index in [1.165, 1.54) is 41.5 Å². The first kappa shape index (κ1) is 13.7. The van der Waals surface area contributed by atoms with Crippen molar-refractivity contribution >= 4 is 10.9 Å². The van der Waals surface area contributed by atoms with Crippen LogP contribution in [0.15, 0.2) is 24.3 Å². The molecule has 2 N–H and O–H groups in total. The molecule has 1 aromatic carbocycles. The zero-order valence-electron chi connectivity index (χ0n) is 12.6. The van der Waals surface area contributed by atoms with E-state index in [2.05, 4.69) is 53.3 Å². The molecule has 1 unspecified atom stereocenters. The van der Waals surface area contributed by atoms with Gasteiger partial charge in [-0.25, -0.2) is 0 Å². The van der Waals surface area contributed by atoms with Crippen LogP contribution in [-0.2, 0) is 6.54 Å². The van der Waals surface area contributed by atoms with Gasteiger partial charge < -0.3 is 10.3 Å². The molecule has 1 aliphatic rings. The van der Waals surface area contributed by atoms with Gasteiger partial charge in [0.05, 0.1) is 0 Å². The van der Waals surface area contributed by atoms with Crippen molar-refractivity contribution < 1.29 is 0 Å². The van der Waals surface area contributed by atoms with E-state index in [1.54, 1.807) is 0 Å². The van der Waals surface area contributed by atoms with Gasteiger partial charge in [-0.05, 0) is 44.5 Å². The molecule has 0 radical (unpaired) electrons. The molecule has 3 heteroatoms. The molecule has 0 spiro atoms. The van der Waals surface area contributed by atoms with Crippen LogP contribution < -0.4 is 5.32 Å². The number of aryl methyl sites for hydroxylation is 1. The Morgan fingerprint density at radius 1 is 1.30 bits per heavy atom. The molecule has 1 aromatic heterocycles. The van der Waals surface area contributed by atoms with Gasteiger partial charge in [-0.15, -0.1) is 0 Å². The van der Waals surface area contributed by atoms with Crippen LogP contribution in [0.3, 0.4) is 0 Å².